The summed E-state index contributed by atoms with van der Waals surface area (Å²) in [6.07, 6.45) is -4.50. The molecule has 28 heteroatoms. The first-order chi connectivity index (χ1) is 20.4. The topological polar surface area (TPSA) is 524 Å². The number of carbonyl (C=O) groups is 1. The second-order valence-electron chi connectivity index (χ2n) is 10.3. The van der Waals surface area contributed by atoms with Gasteiger partial charge in [-0.15, -0.1) is 0 Å². The van der Waals surface area contributed by atoms with Gasteiger partial charge in [0, 0.05) is 0 Å². The number of benzene rings is 1. The Morgan fingerprint density at radius 3 is 1.36 bits per heavy atom. The van der Waals surface area contributed by atoms with Gasteiger partial charge >= 0.3 is 18.1 Å². The molecule has 28 nitrogen and oxygen atoms in total. The van der Waals surface area contributed by atoms with E-state index in [9.17, 15) is 127 Å². The molecule has 2 unspecified atom stereocenters. The van der Waals surface area contributed by atoms with Gasteiger partial charge in [0.05, 0.1) is 18.2 Å². The second kappa shape index (κ2) is 9.65. The first kappa shape index (κ1) is 38.6. The van der Waals surface area contributed by atoms with Crippen LogP contribution in [0.1, 0.15) is 11.1 Å². The van der Waals surface area contributed by atoms with Crippen LogP contribution in [0.25, 0.3) is 0 Å². The lowest BCUT2D eigenvalue weighted by Crippen LogP contribution is -2.98. The molecule has 1 aromatic rings. The number of Topliss-reactive ketones (excluding diaryl/α,β-unsaturated/α-hetero) is 1. The van der Waals surface area contributed by atoms with E-state index < -0.39 is 109 Å². The Bertz CT molecular complexity index is 1460. The zero-order chi connectivity index (χ0) is 37.5. The molecule has 2 atom stereocenters. The van der Waals surface area contributed by atoms with Gasteiger partial charge in [-0.1, -0.05) is 0 Å². The largest absolute Gasteiger partial charge is 0.504 e. The first-order valence-corrected chi connectivity index (χ1v) is 11.5. The van der Waals surface area contributed by atoms with Crippen molar-refractivity contribution >= 4 is 5.78 Å². The normalized spacial score (nSPS) is 27.6. The molecule has 0 spiro atoms. The molecule has 47 heavy (non-hydrogen) atoms. The minimum Gasteiger partial charge on any atom is -0.504 e. The van der Waals surface area contributed by atoms with E-state index in [2.05, 4.69) is 9.47 Å². The summed E-state index contributed by atoms with van der Waals surface area (Å²) in [5, 5.41) is 246. The lowest BCUT2D eigenvalue weighted by Gasteiger charge is -2.67. The fourth-order valence-electron chi connectivity index (χ4n) is 5.28. The molecule has 2 heterocycles. The minimum atomic E-state index is -6.33. The Morgan fingerprint density at radius 1 is 0.596 bits per heavy atom. The average molecular weight is 701 g/mol. The third-order valence-electron chi connectivity index (χ3n) is 7.51. The Hall–Kier alpha value is -2.83. The summed E-state index contributed by atoms with van der Waals surface area (Å²) in [4.78, 5) is 11.4. The van der Waals surface area contributed by atoms with Crippen LogP contribution in [-0.2, 0) is 16.3 Å². The summed E-state index contributed by atoms with van der Waals surface area (Å²) < 4.78 is 8.50. The van der Waals surface area contributed by atoms with Crippen molar-refractivity contribution in [2.75, 3.05) is 7.11 Å². The van der Waals surface area contributed by atoms with Crippen LogP contribution in [0.2, 0.25) is 0 Å². The van der Waals surface area contributed by atoms with Crippen LogP contribution in [0, 0.1) is 0 Å². The predicted octanol–water partition coefficient (Wildman–Crippen LogP) is -14.4. The molecule has 24 N–H and O–H groups in total. The number of hydrogen-bond donors (Lipinski definition) is 24. The lowest BCUT2D eigenvalue weighted by molar-refractivity contribution is -0.596. The van der Waals surface area contributed by atoms with Crippen LogP contribution in [-0.4, -0.2) is 193 Å². The van der Waals surface area contributed by atoms with Gasteiger partial charge in [-0.3, -0.25) is 4.79 Å². The molecule has 0 saturated carbocycles. The van der Waals surface area contributed by atoms with Crippen molar-refractivity contribution in [2.24, 2.45) is 0 Å². The standard InChI is InChI=1S/C19H27NO27/c1-46-6-5(22)3-2(4(21)7(6)47-19(43,44)45)10(25)12(28,29)8(23)9(24,15(33,34)20(10)16(35,36)11(3,26)27)14(31,32)13(30,17(37,38)39)18(40,41)42/h21-22,24-45H,1H3. The van der Waals surface area contributed by atoms with E-state index in [0.29, 0.717) is 7.11 Å². The molecular weight excluding hydrogens is 674 g/mol. The molecule has 3 rings (SSSR count). The average Bonchev–Trinajstić information content (AvgIpc) is 2.84. The van der Waals surface area contributed by atoms with Crippen LogP contribution >= 0.6 is 0 Å². The highest BCUT2D eigenvalue weighted by Crippen LogP contribution is 2.66. The van der Waals surface area contributed by atoms with Crippen LogP contribution in [0.5, 0.6) is 23.0 Å². The van der Waals surface area contributed by atoms with E-state index in [1.54, 1.807) is 0 Å². The zero-order valence-electron chi connectivity index (χ0n) is 22.4. The number of ether oxygens (including phenoxy) is 2. The molecule has 2 aliphatic heterocycles. The molecule has 1 fully saturated rings. The van der Waals surface area contributed by atoms with Crippen molar-refractivity contribution in [3.8, 4) is 23.0 Å². The minimum absolute atomic E-state index is 0.475. The van der Waals surface area contributed by atoms with Crippen molar-refractivity contribution in [2.45, 2.75) is 64.2 Å². The fraction of sp³-hybridized carbons (Fsp3) is 0.632. The Balaban J connectivity index is 2.70. The molecule has 0 aliphatic carbocycles. The van der Waals surface area contributed by atoms with Gasteiger partial charge in [0.1, 0.15) is 0 Å². The van der Waals surface area contributed by atoms with E-state index >= 15 is 0 Å². The number of nitrogens with zero attached hydrogens (tertiary/aromatic N) is 1. The number of methoxy groups -OCH3 is 1. The summed E-state index contributed by atoms with van der Waals surface area (Å²) in [7, 11) is 0.475. The van der Waals surface area contributed by atoms with Crippen molar-refractivity contribution in [3.63, 3.8) is 0 Å². The number of phenols is 2. The molecule has 1 aromatic carbocycles. The maximum atomic E-state index is 13.4. The molecular formula is C19H27NO27. The van der Waals surface area contributed by atoms with Gasteiger partial charge in [0.15, 0.2) is 11.5 Å². The van der Waals surface area contributed by atoms with Gasteiger partial charge in [-0.2, -0.15) is 4.90 Å². The van der Waals surface area contributed by atoms with Crippen LogP contribution < -0.4 is 9.47 Å². The molecule has 2 aliphatic rings. The first-order valence-electron chi connectivity index (χ1n) is 11.5. The van der Waals surface area contributed by atoms with Crippen LogP contribution in [0.3, 0.4) is 0 Å². The smallest absolute Gasteiger partial charge is 0.453 e. The van der Waals surface area contributed by atoms with Gasteiger partial charge in [0.25, 0.3) is 40.4 Å². The number of hydrogen-bond acceptors (Lipinski definition) is 28. The lowest BCUT2D eigenvalue weighted by atomic mass is 9.62. The zero-order valence-corrected chi connectivity index (χ0v) is 22.4. The van der Waals surface area contributed by atoms with Gasteiger partial charge in [-0.25, -0.2) is 0 Å². The Morgan fingerprint density at radius 2 is 1.00 bits per heavy atom. The summed E-state index contributed by atoms with van der Waals surface area (Å²) >= 11 is 0. The van der Waals surface area contributed by atoms with Gasteiger partial charge in [-0.05, 0) is 0 Å². The maximum Gasteiger partial charge on any atom is 0.453 e. The predicted molar refractivity (Wildman–Crippen MR) is 121 cm³/mol. The molecule has 0 bridgehead atoms. The number of rotatable bonds is 7. The molecule has 270 valence electrons. The number of piperidine rings is 1. The summed E-state index contributed by atoms with van der Waals surface area (Å²) in [5.74, 6) is -52.3. The van der Waals surface area contributed by atoms with E-state index in [0.717, 1.165) is 0 Å². The van der Waals surface area contributed by atoms with E-state index in [1.807, 2.05) is 0 Å². The Labute approximate surface area is 253 Å². The van der Waals surface area contributed by atoms with Gasteiger partial charge in [0.2, 0.25) is 23.0 Å². The van der Waals surface area contributed by atoms with E-state index in [1.165, 1.54) is 0 Å². The van der Waals surface area contributed by atoms with Crippen molar-refractivity contribution in [1.82, 2.24) is 4.90 Å². The summed E-state index contributed by atoms with van der Waals surface area (Å²) in [6, 6.07) is 0. The maximum absolute atomic E-state index is 13.4. The monoisotopic (exact) mass is 701 g/mol. The van der Waals surface area contributed by atoms with Crippen molar-refractivity contribution < 1.29 is 137 Å². The molecule has 0 aromatic heterocycles. The highest BCUT2D eigenvalue weighted by Gasteiger charge is 2.94. The SMILES string of the molecule is COc1c(O)c2c(c(O)c1OC(O)(O)O)C1(O)N(C(O)(O)C2(O)O)C(O)(O)C(O)(C(O)(O)C(O)(C(O)(O)O)C(O)(O)O)C(=O)C1(O)O. The number of phenolic OH excluding ortho intramolecular Hbond substituents is 2. The highest BCUT2D eigenvalue weighted by atomic mass is 16.9. The van der Waals surface area contributed by atoms with Crippen LogP contribution in [0.15, 0.2) is 0 Å². The fourth-order valence-corrected chi connectivity index (χ4v) is 5.28. The second-order valence-corrected chi connectivity index (χ2v) is 10.3. The number of aromatic hydroxyl groups is 2. The quantitative estimate of drug-likeness (QED) is 0.0926. The Kier molecular flexibility index (Phi) is 7.93. The number of carbonyl (C=O) groups excluding carboxylic acids is 1. The number of fused-ring (bicyclic) bond motifs is 3. The molecule has 0 amide bonds. The number of ketones is 1. The van der Waals surface area contributed by atoms with Crippen LogP contribution in [0.4, 0.5) is 0 Å². The summed E-state index contributed by atoms with van der Waals surface area (Å²) in [5.41, 5.74) is -22.5. The summed E-state index contributed by atoms with van der Waals surface area (Å²) in [6.45, 7) is 0. The molecule has 0 radical (unpaired) electrons. The number of aliphatic hydroxyl groups is 22. The van der Waals surface area contributed by atoms with E-state index in [4.69, 9.17) is 0 Å². The third-order valence-corrected chi connectivity index (χ3v) is 7.51. The van der Waals surface area contributed by atoms with Crippen molar-refractivity contribution in [1.29, 1.82) is 0 Å². The van der Waals surface area contributed by atoms with Crippen molar-refractivity contribution in [3.05, 3.63) is 11.1 Å². The molecule has 1 saturated heterocycles. The third kappa shape index (κ3) is 4.13. The highest BCUT2D eigenvalue weighted by molar-refractivity contribution is 5.98. The van der Waals surface area contributed by atoms with E-state index in [-0.39, 0.29) is 0 Å². The van der Waals surface area contributed by atoms with Gasteiger partial charge < -0.3 is 132 Å².